The van der Waals surface area contributed by atoms with Crippen LogP contribution in [0.3, 0.4) is 0 Å². The van der Waals surface area contributed by atoms with Crippen molar-refractivity contribution in [1.82, 2.24) is 25.3 Å². The van der Waals surface area contributed by atoms with Gasteiger partial charge in [-0.3, -0.25) is 4.90 Å². The predicted octanol–water partition coefficient (Wildman–Crippen LogP) is 1.41. The van der Waals surface area contributed by atoms with Gasteiger partial charge >= 0.3 is 6.03 Å². The van der Waals surface area contributed by atoms with E-state index in [1.165, 1.54) is 0 Å². The molecule has 0 spiro atoms. The smallest absolute Gasteiger partial charge is 0.317 e. The number of aromatic nitrogens is 2. The highest BCUT2D eigenvalue weighted by atomic mass is 16.5. The number of pyridine rings is 1. The number of hydrogen-bond acceptors (Lipinski definition) is 6. The second-order valence-electron chi connectivity index (χ2n) is 6.02. The van der Waals surface area contributed by atoms with Gasteiger partial charge in [-0.2, -0.15) is 0 Å². The van der Waals surface area contributed by atoms with E-state index in [4.69, 9.17) is 9.26 Å². The highest BCUT2D eigenvalue weighted by molar-refractivity contribution is 5.74. The molecule has 0 radical (unpaired) electrons. The van der Waals surface area contributed by atoms with Gasteiger partial charge in [-0.05, 0) is 13.0 Å². The van der Waals surface area contributed by atoms with E-state index in [-0.39, 0.29) is 6.03 Å². The van der Waals surface area contributed by atoms with Crippen molar-refractivity contribution in [2.75, 3.05) is 33.3 Å². The van der Waals surface area contributed by atoms with Crippen molar-refractivity contribution in [3.63, 3.8) is 0 Å². The zero-order valence-corrected chi connectivity index (χ0v) is 14.6. The van der Waals surface area contributed by atoms with Crippen LogP contribution in [0.4, 0.5) is 4.79 Å². The fourth-order valence-corrected chi connectivity index (χ4v) is 2.86. The van der Waals surface area contributed by atoms with Gasteiger partial charge < -0.3 is 19.5 Å². The van der Waals surface area contributed by atoms with Crippen LogP contribution in [0, 0.1) is 6.92 Å². The number of nitrogens with zero attached hydrogens (tertiary/aromatic N) is 4. The van der Waals surface area contributed by atoms with Crippen molar-refractivity contribution in [1.29, 1.82) is 0 Å². The van der Waals surface area contributed by atoms with Crippen LogP contribution >= 0.6 is 0 Å². The molecule has 0 atom stereocenters. The van der Waals surface area contributed by atoms with Crippen molar-refractivity contribution < 1.29 is 14.1 Å². The molecule has 0 unspecified atom stereocenters. The van der Waals surface area contributed by atoms with E-state index in [2.05, 4.69) is 20.4 Å². The maximum Gasteiger partial charge on any atom is 0.317 e. The number of aryl methyl sites for hydroxylation is 1. The highest BCUT2D eigenvalue weighted by Gasteiger charge is 2.21. The van der Waals surface area contributed by atoms with Gasteiger partial charge in [0.15, 0.2) is 0 Å². The van der Waals surface area contributed by atoms with E-state index in [0.717, 1.165) is 36.7 Å². The minimum atomic E-state index is -0.0668. The molecule has 0 aromatic carbocycles. The molecule has 0 aliphatic carbocycles. The number of hydrogen-bond donors (Lipinski definition) is 1. The molecule has 1 aliphatic heterocycles. The molecule has 1 N–H and O–H groups in total. The second-order valence-corrected chi connectivity index (χ2v) is 6.02. The Morgan fingerprint density at radius 2 is 2.16 bits per heavy atom. The fourth-order valence-electron chi connectivity index (χ4n) is 2.86. The molecule has 2 aromatic rings. The summed E-state index contributed by atoms with van der Waals surface area (Å²) < 4.78 is 10.3. The van der Waals surface area contributed by atoms with Gasteiger partial charge in [-0.1, -0.05) is 11.2 Å². The third kappa shape index (κ3) is 4.48. The van der Waals surface area contributed by atoms with Crippen LogP contribution in [-0.2, 0) is 13.1 Å². The monoisotopic (exact) mass is 345 g/mol. The molecule has 8 nitrogen and oxygen atoms in total. The first-order chi connectivity index (χ1) is 12.2. The average Bonchev–Trinajstić information content (AvgIpc) is 3.05. The average molecular weight is 345 g/mol. The Morgan fingerprint density at radius 3 is 2.84 bits per heavy atom. The molecular formula is C17H23N5O3. The Labute approximate surface area is 146 Å². The molecule has 0 saturated carbocycles. The normalized spacial score (nSPS) is 15.2. The summed E-state index contributed by atoms with van der Waals surface area (Å²) in [4.78, 5) is 20.6. The van der Waals surface area contributed by atoms with Gasteiger partial charge in [0.25, 0.3) is 0 Å². The summed E-state index contributed by atoms with van der Waals surface area (Å²) in [6, 6.07) is 5.60. The van der Waals surface area contributed by atoms with Crippen molar-refractivity contribution in [2.45, 2.75) is 20.0 Å². The number of piperazine rings is 1. The Bertz CT molecular complexity index is 710. The number of methoxy groups -OCH3 is 1. The molecule has 3 heterocycles. The summed E-state index contributed by atoms with van der Waals surface area (Å²) in [6.45, 7) is 6.04. The quantitative estimate of drug-likeness (QED) is 0.882. The molecule has 25 heavy (non-hydrogen) atoms. The predicted molar refractivity (Wildman–Crippen MR) is 91.1 cm³/mol. The Balaban J connectivity index is 1.45. The van der Waals surface area contributed by atoms with E-state index in [0.29, 0.717) is 25.5 Å². The van der Waals surface area contributed by atoms with Crippen LogP contribution in [-0.4, -0.2) is 59.3 Å². The molecular weight excluding hydrogens is 322 g/mol. The summed E-state index contributed by atoms with van der Waals surface area (Å²) in [5, 5.41) is 6.95. The number of amides is 2. The number of nitrogens with one attached hydrogen (secondary N) is 1. The van der Waals surface area contributed by atoms with Crippen LogP contribution in [0.1, 0.15) is 17.0 Å². The van der Waals surface area contributed by atoms with Crippen molar-refractivity contribution >= 4 is 6.03 Å². The summed E-state index contributed by atoms with van der Waals surface area (Å²) in [5.74, 6) is 1.36. The number of carbonyl (C=O) groups excluding carboxylic acids is 1. The molecule has 8 heteroatoms. The second kappa shape index (κ2) is 7.98. The highest BCUT2D eigenvalue weighted by Crippen LogP contribution is 2.13. The first-order valence-corrected chi connectivity index (χ1v) is 8.31. The van der Waals surface area contributed by atoms with Crippen molar-refractivity contribution in [2.24, 2.45) is 0 Å². The summed E-state index contributed by atoms with van der Waals surface area (Å²) in [5.41, 5.74) is 1.79. The van der Waals surface area contributed by atoms with E-state index < -0.39 is 0 Å². The molecule has 2 aromatic heterocycles. The van der Waals surface area contributed by atoms with Gasteiger partial charge in [-0.25, -0.2) is 9.78 Å². The zero-order valence-electron chi connectivity index (χ0n) is 14.6. The minimum absolute atomic E-state index is 0.0668. The van der Waals surface area contributed by atoms with Gasteiger partial charge in [0.1, 0.15) is 5.76 Å². The van der Waals surface area contributed by atoms with Gasteiger partial charge in [0.05, 0.1) is 12.8 Å². The van der Waals surface area contributed by atoms with Crippen LogP contribution in [0.2, 0.25) is 0 Å². The largest absolute Gasteiger partial charge is 0.481 e. The van der Waals surface area contributed by atoms with Crippen LogP contribution in [0.25, 0.3) is 0 Å². The van der Waals surface area contributed by atoms with Gasteiger partial charge in [0, 0.05) is 57.1 Å². The number of rotatable bonds is 5. The molecule has 134 valence electrons. The third-order valence-corrected chi connectivity index (χ3v) is 4.20. The lowest BCUT2D eigenvalue weighted by molar-refractivity contribution is 0.133. The summed E-state index contributed by atoms with van der Waals surface area (Å²) >= 11 is 0. The van der Waals surface area contributed by atoms with E-state index in [1.807, 2.05) is 30.0 Å². The Kier molecular flexibility index (Phi) is 5.49. The maximum atomic E-state index is 12.3. The Morgan fingerprint density at radius 1 is 1.36 bits per heavy atom. The molecule has 1 saturated heterocycles. The number of urea groups is 1. The summed E-state index contributed by atoms with van der Waals surface area (Å²) in [6.07, 6.45) is 1.67. The molecule has 2 amide bonds. The van der Waals surface area contributed by atoms with Crippen molar-refractivity contribution in [3.8, 4) is 5.88 Å². The number of ether oxygens (including phenoxy) is 1. The zero-order chi connectivity index (χ0) is 17.6. The van der Waals surface area contributed by atoms with Gasteiger partial charge in [0.2, 0.25) is 5.88 Å². The first-order valence-electron chi connectivity index (χ1n) is 8.31. The summed E-state index contributed by atoms with van der Waals surface area (Å²) in [7, 11) is 1.57. The standard InChI is InChI=1S/C17H23N5O3/c1-13-10-15(20-25-13)12-21-6-8-22(9-7-21)17(23)19-11-14-4-3-5-18-16(14)24-2/h3-5,10H,6-9,11-12H2,1-2H3,(H,19,23). The van der Waals surface area contributed by atoms with E-state index in [9.17, 15) is 4.79 Å². The van der Waals surface area contributed by atoms with E-state index in [1.54, 1.807) is 13.3 Å². The Hall–Kier alpha value is -2.61. The maximum absolute atomic E-state index is 12.3. The molecule has 1 fully saturated rings. The first kappa shape index (κ1) is 17.2. The van der Waals surface area contributed by atoms with Crippen LogP contribution in [0.5, 0.6) is 5.88 Å². The lowest BCUT2D eigenvalue weighted by Gasteiger charge is -2.34. The molecule has 0 bridgehead atoms. The van der Waals surface area contributed by atoms with Crippen LogP contribution in [0.15, 0.2) is 28.9 Å². The SMILES string of the molecule is COc1ncccc1CNC(=O)N1CCN(Cc2cc(C)on2)CC1. The van der Waals surface area contributed by atoms with Crippen LogP contribution < -0.4 is 10.1 Å². The number of carbonyl (C=O) groups is 1. The van der Waals surface area contributed by atoms with Crippen molar-refractivity contribution in [3.05, 3.63) is 41.4 Å². The topological polar surface area (TPSA) is 83.7 Å². The minimum Gasteiger partial charge on any atom is -0.481 e. The lowest BCUT2D eigenvalue weighted by atomic mass is 10.2. The van der Waals surface area contributed by atoms with Gasteiger partial charge in [-0.15, -0.1) is 0 Å². The molecule has 3 rings (SSSR count). The third-order valence-electron chi connectivity index (χ3n) is 4.20. The van der Waals surface area contributed by atoms with E-state index >= 15 is 0 Å². The molecule has 1 aliphatic rings. The fraction of sp³-hybridized carbons (Fsp3) is 0.471. The lowest BCUT2D eigenvalue weighted by Crippen LogP contribution is -2.51.